The second-order valence-electron chi connectivity index (χ2n) is 20.6. The Morgan fingerprint density at radius 1 is 0.500 bits per heavy atom. The summed E-state index contributed by atoms with van der Waals surface area (Å²) >= 11 is 0. The first-order valence-electron chi connectivity index (χ1n) is 26.7. The molecule has 0 spiro atoms. The number of fused-ring (bicyclic) bond motifs is 14. The molecule has 4 aliphatic rings. The summed E-state index contributed by atoms with van der Waals surface area (Å²) in [7, 11) is 3.39. The number of ketones is 1. The van der Waals surface area contributed by atoms with Crippen molar-refractivity contribution in [3.63, 3.8) is 0 Å². The SMILES string of the molecule is COc1ccc(C2(c3ccc(OC)cc3)C=Cc3c4c(c5ccc6ccccc6c5c3O2)CCCC4)cc1.O=C1CCCCC1c1ccc2ccccc2c1.Oc1cc2c(c3ccc4ccccc4c13)CCCC2. The molecule has 10 aromatic rings. The number of carbonyl (C=O) groups excluding carboxylic acids is 1. The van der Waals surface area contributed by atoms with Gasteiger partial charge in [-0.15, -0.1) is 0 Å². The summed E-state index contributed by atoms with van der Waals surface area (Å²) in [6.45, 7) is 0. The summed E-state index contributed by atoms with van der Waals surface area (Å²) < 4.78 is 18.3. The number of aryl methyl sites for hydroxylation is 3. The first-order chi connectivity index (χ1) is 36.4. The van der Waals surface area contributed by atoms with Gasteiger partial charge < -0.3 is 19.3 Å². The van der Waals surface area contributed by atoms with E-state index in [0.29, 0.717) is 11.5 Å². The van der Waals surface area contributed by atoms with E-state index in [1.165, 1.54) is 109 Å². The lowest BCUT2D eigenvalue weighted by molar-refractivity contribution is -0.121. The normalized spacial score (nSPS) is 16.5. The van der Waals surface area contributed by atoms with Gasteiger partial charge in [-0.2, -0.15) is 0 Å². The topological polar surface area (TPSA) is 65.0 Å². The van der Waals surface area contributed by atoms with E-state index in [2.05, 4.69) is 133 Å². The molecule has 5 nitrogen and oxygen atoms in total. The molecule has 0 saturated heterocycles. The van der Waals surface area contributed by atoms with Crippen LogP contribution in [-0.2, 0) is 36.1 Å². The summed E-state index contributed by atoms with van der Waals surface area (Å²) in [6.07, 6.45) is 18.0. The van der Waals surface area contributed by atoms with Gasteiger partial charge in [0.05, 0.1) is 14.2 Å². The van der Waals surface area contributed by atoms with Crippen molar-refractivity contribution in [1.82, 2.24) is 0 Å². The van der Waals surface area contributed by atoms with Crippen LogP contribution in [-0.4, -0.2) is 25.1 Å². The van der Waals surface area contributed by atoms with Crippen LogP contribution >= 0.6 is 0 Å². The van der Waals surface area contributed by atoms with Crippen LogP contribution in [0.5, 0.6) is 23.0 Å². The number of hydrogen-bond donors (Lipinski definition) is 1. The Balaban J connectivity index is 0.000000128. The van der Waals surface area contributed by atoms with Gasteiger partial charge in [0, 0.05) is 39.8 Å². The first kappa shape index (κ1) is 47.1. The molecule has 1 N–H and O–H groups in total. The molecule has 5 heteroatoms. The summed E-state index contributed by atoms with van der Waals surface area (Å²) in [5, 5.41) is 22.6. The highest BCUT2D eigenvalue weighted by Crippen LogP contribution is 2.51. The van der Waals surface area contributed by atoms with E-state index in [1.54, 1.807) is 14.2 Å². The molecule has 368 valence electrons. The van der Waals surface area contributed by atoms with E-state index >= 15 is 0 Å². The molecule has 1 saturated carbocycles. The predicted molar refractivity (Wildman–Crippen MR) is 304 cm³/mol. The number of ether oxygens (including phenoxy) is 3. The van der Waals surface area contributed by atoms with Crippen LogP contribution in [0.4, 0.5) is 0 Å². The molecule has 1 unspecified atom stereocenters. The number of benzene rings is 10. The van der Waals surface area contributed by atoms with E-state index in [9.17, 15) is 9.90 Å². The van der Waals surface area contributed by atoms with E-state index in [0.717, 1.165) is 84.1 Å². The molecule has 0 aromatic heterocycles. The first-order valence-corrected chi connectivity index (χ1v) is 26.7. The Kier molecular flexibility index (Phi) is 12.9. The molecular formula is C69H62O5. The zero-order valence-corrected chi connectivity index (χ0v) is 42.5. The van der Waals surface area contributed by atoms with Gasteiger partial charge in [0.2, 0.25) is 0 Å². The number of Topliss-reactive ketones (excluding diaryl/α,β-unsaturated/α-hetero) is 1. The van der Waals surface area contributed by atoms with Crippen LogP contribution in [0.15, 0.2) is 176 Å². The maximum Gasteiger partial charge on any atom is 0.178 e. The second-order valence-corrected chi connectivity index (χ2v) is 20.6. The van der Waals surface area contributed by atoms with Crippen molar-refractivity contribution in [2.45, 2.75) is 88.6 Å². The molecule has 0 amide bonds. The van der Waals surface area contributed by atoms with Gasteiger partial charge in [0.15, 0.2) is 5.60 Å². The highest BCUT2D eigenvalue weighted by atomic mass is 16.5. The maximum atomic E-state index is 11.9. The Labute approximate surface area is 434 Å². The smallest absolute Gasteiger partial charge is 0.178 e. The number of hydrogen-bond acceptors (Lipinski definition) is 5. The highest BCUT2D eigenvalue weighted by Gasteiger charge is 2.39. The van der Waals surface area contributed by atoms with Gasteiger partial charge in [-0.1, -0.05) is 152 Å². The van der Waals surface area contributed by atoms with Gasteiger partial charge >= 0.3 is 0 Å². The quantitative estimate of drug-likeness (QED) is 0.174. The van der Waals surface area contributed by atoms with Crippen molar-refractivity contribution in [1.29, 1.82) is 0 Å². The lowest BCUT2D eigenvalue weighted by Gasteiger charge is -2.38. The lowest BCUT2D eigenvalue weighted by atomic mass is 9.79. The van der Waals surface area contributed by atoms with E-state index < -0.39 is 5.60 Å². The van der Waals surface area contributed by atoms with Crippen molar-refractivity contribution in [3.05, 3.63) is 220 Å². The van der Waals surface area contributed by atoms with Crippen molar-refractivity contribution >= 4 is 65.7 Å². The average molecular weight is 971 g/mol. The molecule has 10 aromatic carbocycles. The molecule has 1 heterocycles. The van der Waals surface area contributed by atoms with Crippen LogP contribution in [0, 0.1) is 0 Å². The van der Waals surface area contributed by atoms with E-state index in [1.807, 2.05) is 48.5 Å². The van der Waals surface area contributed by atoms with Crippen LogP contribution in [0.1, 0.15) is 102 Å². The fraction of sp³-hybridized carbons (Fsp3) is 0.232. The Morgan fingerprint density at radius 3 is 1.69 bits per heavy atom. The molecule has 1 aliphatic heterocycles. The number of phenolic OH excluding ortho intramolecular Hbond substituents is 1. The zero-order chi connectivity index (χ0) is 50.2. The Hall–Kier alpha value is -7.89. The number of phenols is 1. The molecule has 3 aliphatic carbocycles. The van der Waals surface area contributed by atoms with Crippen molar-refractivity contribution < 1.29 is 24.1 Å². The van der Waals surface area contributed by atoms with E-state index in [4.69, 9.17) is 14.2 Å². The molecule has 0 radical (unpaired) electrons. The number of methoxy groups -OCH3 is 2. The summed E-state index contributed by atoms with van der Waals surface area (Å²) in [5.74, 6) is 3.63. The van der Waals surface area contributed by atoms with Crippen LogP contribution < -0.4 is 14.2 Å². The fourth-order valence-electron chi connectivity index (χ4n) is 12.6. The van der Waals surface area contributed by atoms with E-state index in [-0.39, 0.29) is 5.92 Å². The lowest BCUT2D eigenvalue weighted by Crippen LogP contribution is -2.34. The minimum atomic E-state index is -0.793. The predicted octanol–water partition coefficient (Wildman–Crippen LogP) is 16.9. The number of rotatable bonds is 5. The number of carbonyl (C=O) groups is 1. The minimum absolute atomic E-state index is 0.147. The molecule has 0 bridgehead atoms. The molecule has 1 fully saturated rings. The summed E-state index contributed by atoms with van der Waals surface area (Å²) in [4.78, 5) is 11.9. The molecule has 14 rings (SSSR count). The van der Waals surface area contributed by atoms with Crippen molar-refractivity contribution in [2.75, 3.05) is 14.2 Å². The van der Waals surface area contributed by atoms with Gasteiger partial charge in [0.25, 0.3) is 0 Å². The maximum absolute atomic E-state index is 11.9. The number of aromatic hydroxyl groups is 1. The third-order valence-corrected chi connectivity index (χ3v) is 16.4. The monoisotopic (exact) mass is 970 g/mol. The largest absolute Gasteiger partial charge is 0.507 e. The third kappa shape index (κ3) is 8.62. The third-order valence-electron chi connectivity index (χ3n) is 16.4. The molecular weight excluding hydrogens is 909 g/mol. The molecule has 74 heavy (non-hydrogen) atoms. The molecule has 1 atom stereocenters. The zero-order valence-electron chi connectivity index (χ0n) is 42.5. The van der Waals surface area contributed by atoms with Crippen LogP contribution in [0.2, 0.25) is 0 Å². The minimum Gasteiger partial charge on any atom is -0.507 e. The summed E-state index contributed by atoms with van der Waals surface area (Å²) in [6, 6.07) is 59.1. The second kappa shape index (κ2) is 20.2. The van der Waals surface area contributed by atoms with Crippen LogP contribution in [0.25, 0.3) is 59.9 Å². The van der Waals surface area contributed by atoms with Crippen LogP contribution in [0.3, 0.4) is 0 Å². The Bertz CT molecular complexity index is 3720. The standard InChI is InChI=1S/C35H30O3.C18H16O.C16H16O/c1-36-26-16-12-24(13-17-26)35(25-14-18-27(37-2)19-15-25)22-21-32-30-10-6-5-9-29(30)31-20-11-23-7-3-4-8-28(23)33(31)34(32)38-35;19-17-11-13-6-2-3-7-14(13)16-10-9-12-5-1-4-8-15(12)18(16)17;17-16-8-4-3-7-15(16)14-10-9-12-5-1-2-6-13(12)11-14/h3-4,7-8,11-22H,5-6,9-10H2,1-2H3;1,4-5,8-11,19H,2-3,6-7H2;1-2,5-6,9-11,15H,3-4,7-8H2. The van der Waals surface area contributed by atoms with Gasteiger partial charge in [0.1, 0.15) is 28.8 Å². The fourth-order valence-corrected chi connectivity index (χ4v) is 12.6. The van der Waals surface area contributed by atoms with Gasteiger partial charge in [-0.3, -0.25) is 4.79 Å². The van der Waals surface area contributed by atoms with Gasteiger partial charge in [-0.25, -0.2) is 0 Å². The average Bonchev–Trinajstić information content (AvgIpc) is 3.48. The van der Waals surface area contributed by atoms with Gasteiger partial charge in [-0.05, 0) is 172 Å². The summed E-state index contributed by atoms with van der Waals surface area (Å²) in [5.41, 5.74) is 9.48. The Morgan fingerprint density at radius 2 is 1.04 bits per heavy atom. The van der Waals surface area contributed by atoms with Crippen molar-refractivity contribution in [2.24, 2.45) is 0 Å². The highest BCUT2D eigenvalue weighted by molar-refractivity contribution is 6.14. The van der Waals surface area contributed by atoms with Crippen molar-refractivity contribution in [3.8, 4) is 23.0 Å².